The van der Waals surface area contributed by atoms with E-state index in [1.807, 2.05) is 31.2 Å². The first kappa shape index (κ1) is 16.2. The molecule has 1 aliphatic rings. The van der Waals surface area contributed by atoms with Crippen LogP contribution >= 0.6 is 0 Å². The molecule has 2 N–H and O–H groups in total. The summed E-state index contributed by atoms with van der Waals surface area (Å²) in [6.07, 6.45) is -3.65. The molecule has 0 aromatic heterocycles. The smallest absolute Gasteiger partial charge is 0.398 e. The van der Waals surface area contributed by atoms with Crippen LogP contribution in [0.5, 0.6) is 0 Å². The standard InChI is InChI=1S/C18H16F3N3/c1-2-11-5-3-4-6-13(11)17-23-10-16(24-17)12-7-8-15(22)14(9-12)18(19,20)21/h3-9H,2,10,22H2,1H3. The summed E-state index contributed by atoms with van der Waals surface area (Å²) in [5.41, 5.74) is 7.24. The molecule has 0 aliphatic carbocycles. The molecular formula is C18H16F3N3. The van der Waals surface area contributed by atoms with Gasteiger partial charge in [-0.2, -0.15) is 13.2 Å². The number of nitrogen functional groups attached to an aromatic ring is 1. The highest BCUT2D eigenvalue weighted by atomic mass is 19.4. The third-order valence-corrected chi connectivity index (χ3v) is 3.95. The maximum absolute atomic E-state index is 13.0. The Bertz CT molecular complexity index is 836. The molecule has 124 valence electrons. The fraction of sp³-hybridized carbons (Fsp3) is 0.222. The second kappa shape index (κ2) is 6.11. The minimum absolute atomic E-state index is 0.259. The van der Waals surface area contributed by atoms with Gasteiger partial charge >= 0.3 is 6.18 Å². The van der Waals surface area contributed by atoms with Crippen LogP contribution in [0.1, 0.15) is 29.2 Å². The van der Waals surface area contributed by atoms with E-state index in [-0.39, 0.29) is 12.2 Å². The fourth-order valence-electron chi connectivity index (χ4n) is 2.68. The number of hydrogen-bond acceptors (Lipinski definition) is 3. The Morgan fingerprint density at radius 2 is 1.88 bits per heavy atom. The SMILES string of the molecule is CCc1ccccc1C1=NCC(c2ccc(N)c(C(F)(F)F)c2)=N1. The van der Waals surface area contributed by atoms with Crippen LogP contribution in [-0.2, 0) is 12.6 Å². The average molecular weight is 331 g/mol. The lowest BCUT2D eigenvalue weighted by molar-refractivity contribution is -0.136. The van der Waals surface area contributed by atoms with Crippen molar-refractivity contribution in [2.75, 3.05) is 12.3 Å². The van der Waals surface area contributed by atoms with Crippen molar-refractivity contribution in [3.63, 3.8) is 0 Å². The van der Waals surface area contributed by atoms with Crippen LogP contribution in [0.3, 0.4) is 0 Å². The molecule has 0 saturated heterocycles. The summed E-state index contributed by atoms with van der Waals surface area (Å²) in [6.45, 7) is 2.29. The van der Waals surface area contributed by atoms with Gasteiger partial charge in [-0.3, -0.25) is 4.99 Å². The van der Waals surface area contributed by atoms with E-state index in [9.17, 15) is 13.2 Å². The minimum atomic E-state index is -4.49. The predicted molar refractivity (Wildman–Crippen MR) is 89.6 cm³/mol. The van der Waals surface area contributed by atoms with Gasteiger partial charge < -0.3 is 5.73 Å². The molecule has 0 atom stereocenters. The normalized spacial score (nSPS) is 14.5. The van der Waals surface area contributed by atoms with Crippen molar-refractivity contribution in [1.29, 1.82) is 0 Å². The van der Waals surface area contributed by atoms with E-state index in [1.54, 1.807) is 6.07 Å². The highest BCUT2D eigenvalue weighted by Gasteiger charge is 2.33. The number of aryl methyl sites for hydroxylation is 1. The van der Waals surface area contributed by atoms with Crippen LogP contribution in [-0.4, -0.2) is 18.1 Å². The summed E-state index contributed by atoms with van der Waals surface area (Å²) in [7, 11) is 0. The topological polar surface area (TPSA) is 50.7 Å². The van der Waals surface area contributed by atoms with Crippen molar-refractivity contribution in [2.24, 2.45) is 9.98 Å². The third-order valence-electron chi connectivity index (χ3n) is 3.95. The van der Waals surface area contributed by atoms with E-state index in [4.69, 9.17) is 5.73 Å². The Kier molecular flexibility index (Phi) is 4.13. The van der Waals surface area contributed by atoms with Crippen LogP contribution in [0.25, 0.3) is 0 Å². The zero-order valence-corrected chi connectivity index (χ0v) is 13.1. The van der Waals surface area contributed by atoms with Crippen LogP contribution in [0.2, 0.25) is 0 Å². The number of halogens is 3. The summed E-state index contributed by atoms with van der Waals surface area (Å²) in [5, 5.41) is 0. The van der Waals surface area contributed by atoms with Gasteiger partial charge in [0.25, 0.3) is 0 Å². The van der Waals surface area contributed by atoms with Gasteiger partial charge in [-0.25, -0.2) is 4.99 Å². The maximum atomic E-state index is 13.0. The van der Waals surface area contributed by atoms with Crippen molar-refractivity contribution in [3.05, 3.63) is 64.7 Å². The van der Waals surface area contributed by atoms with E-state index in [0.29, 0.717) is 17.1 Å². The molecule has 2 aromatic carbocycles. The highest BCUT2D eigenvalue weighted by molar-refractivity contribution is 6.17. The molecule has 24 heavy (non-hydrogen) atoms. The predicted octanol–water partition coefficient (Wildman–Crippen LogP) is 4.10. The summed E-state index contributed by atoms with van der Waals surface area (Å²) in [5.74, 6) is 0.563. The van der Waals surface area contributed by atoms with Crippen molar-refractivity contribution in [3.8, 4) is 0 Å². The first-order chi connectivity index (χ1) is 11.4. The number of anilines is 1. The Hall–Kier alpha value is -2.63. The van der Waals surface area contributed by atoms with Crippen molar-refractivity contribution in [1.82, 2.24) is 0 Å². The van der Waals surface area contributed by atoms with Crippen LogP contribution in [0, 0.1) is 0 Å². The van der Waals surface area contributed by atoms with Crippen molar-refractivity contribution < 1.29 is 13.2 Å². The highest BCUT2D eigenvalue weighted by Crippen LogP contribution is 2.34. The summed E-state index contributed by atoms with van der Waals surface area (Å²) in [6, 6.07) is 11.6. The first-order valence-corrected chi connectivity index (χ1v) is 7.57. The first-order valence-electron chi connectivity index (χ1n) is 7.57. The summed E-state index contributed by atoms with van der Waals surface area (Å²) in [4.78, 5) is 8.84. The van der Waals surface area contributed by atoms with Crippen molar-refractivity contribution in [2.45, 2.75) is 19.5 Å². The zero-order valence-electron chi connectivity index (χ0n) is 13.1. The molecule has 2 aromatic rings. The molecule has 6 heteroatoms. The molecule has 0 amide bonds. The van der Waals surface area contributed by atoms with E-state index >= 15 is 0 Å². The second-order valence-corrected chi connectivity index (χ2v) is 5.51. The lowest BCUT2D eigenvalue weighted by Gasteiger charge is -2.11. The number of benzene rings is 2. The van der Waals surface area contributed by atoms with Crippen LogP contribution in [0.15, 0.2) is 52.4 Å². The summed E-state index contributed by atoms with van der Waals surface area (Å²) < 4.78 is 39.0. The van der Waals surface area contributed by atoms with Gasteiger partial charge in [-0.15, -0.1) is 0 Å². The maximum Gasteiger partial charge on any atom is 0.418 e. The van der Waals surface area contributed by atoms with E-state index in [2.05, 4.69) is 9.98 Å². The van der Waals surface area contributed by atoms with E-state index < -0.39 is 11.7 Å². The van der Waals surface area contributed by atoms with Gasteiger partial charge in [0.05, 0.1) is 17.8 Å². The molecule has 0 spiro atoms. The largest absolute Gasteiger partial charge is 0.418 e. The quantitative estimate of drug-likeness (QED) is 0.846. The number of nitrogens with two attached hydrogens (primary N) is 1. The Balaban J connectivity index is 1.96. The lowest BCUT2D eigenvalue weighted by Crippen LogP contribution is -2.11. The molecule has 3 nitrogen and oxygen atoms in total. The van der Waals surface area contributed by atoms with Gasteiger partial charge in [0.15, 0.2) is 5.84 Å². The number of aliphatic imine (C=N–C) groups is 2. The number of alkyl halides is 3. The number of rotatable bonds is 3. The van der Waals surface area contributed by atoms with Gasteiger partial charge in [-0.1, -0.05) is 37.3 Å². The number of nitrogens with zero attached hydrogens (tertiary/aromatic N) is 2. The third kappa shape index (κ3) is 3.04. The molecule has 0 unspecified atom stereocenters. The van der Waals surface area contributed by atoms with Gasteiger partial charge in [0.2, 0.25) is 0 Å². The monoisotopic (exact) mass is 331 g/mol. The van der Waals surface area contributed by atoms with Gasteiger partial charge in [0, 0.05) is 11.3 Å². The van der Waals surface area contributed by atoms with Crippen LogP contribution < -0.4 is 5.73 Å². The molecule has 0 bridgehead atoms. The van der Waals surface area contributed by atoms with Crippen molar-refractivity contribution >= 4 is 17.2 Å². The summed E-state index contributed by atoms with van der Waals surface area (Å²) >= 11 is 0. The van der Waals surface area contributed by atoms with Gasteiger partial charge in [-0.05, 0) is 29.7 Å². The second-order valence-electron chi connectivity index (χ2n) is 5.51. The van der Waals surface area contributed by atoms with Crippen LogP contribution in [0.4, 0.5) is 18.9 Å². The Morgan fingerprint density at radius 3 is 2.58 bits per heavy atom. The molecule has 1 aliphatic heterocycles. The molecular weight excluding hydrogens is 315 g/mol. The Labute approximate surface area is 137 Å². The number of amidine groups is 1. The molecule has 3 rings (SSSR count). The molecule has 1 heterocycles. The minimum Gasteiger partial charge on any atom is -0.398 e. The lowest BCUT2D eigenvalue weighted by atomic mass is 10.0. The average Bonchev–Trinajstić information content (AvgIpc) is 3.04. The molecule has 0 radical (unpaired) electrons. The molecule has 0 saturated carbocycles. The van der Waals surface area contributed by atoms with E-state index in [0.717, 1.165) is 23.6 Å². The number of hydrogen-bond donors (Lipinski definition) is 1. The fourth-order valence-corrected chi connectivity index (χ4v) is 2.68. The van der Waals surface area contributed by atoms with E-state index in [1.165, 1.54) is 6.07 Å². The Morgan fingerprint density at radius 1 is 1.12 bits per heavy atom. The molecule has 0 fully saturated rings. The van der Waals surface area contributed by atoms with Gasteiger partial charge in [0.1, 0.15) is 0 Å². The zero-order chi connectivity index (χ0) is 17.3.